The Morgan fingerprint density at radius 3 is 2.09 bits per heavy atom. The van der Waals surface area contributed by atoms with Gasteiger partial charge in [-0.15, -0.1) is 0 Å². The molecule has 0 bridgehead atoms. The fraction of sp³-hybridized carbons (Fsp3) is 0.625. The van der Waals surface area contributed by atoms with Gasteiger partial charge >= 0.3 is 0 Å². The molecule has 0 aliphatic carbocycles. The van der Waals surface area contributed by atoms with Crippen molar-refractivity contribution in [1.29, 1.82) is 0 Å². The predicted molar refractivity (Wildman–Crippen MR) is 39.4 cm³/mol. The summed E-state index contributed by atoms with van der Waals surface area (Å²) in [5, 5.41) is 0. The number of rotatable bonds is 4. The van der Waals surface area contributed by atoms with Crippen LogP contribution in [-0.2, 0) is 42.3 Å². The monoisotopic (exact) mass is 230 g/mol. The van der Waals surface area contributed by atoms with E-state index in [9.17, 15) is 9.59 Å². The first-order chi connectivity index (χ1) is 4.54. The Kier molecular flexibility index (Phi) is 8.82. The van der Waals surface area contributed by atoms with E-state index in [1.165, 1.54) is 6.92 Å². The van der Waals surface area contributed by atoms with Crippen LogP contribution in [0, 0.1) is 12.3 Å². The van der Waals surface area contributed by atoms with Crippen LogP contribution in [0.15, 0.2) is 0 Å². The van der Waals surface area contributed by atoms with E-state index >= 15 is 0 Å². The van der Waals surface area contributed by atoms with Gasteiger partial charge in [-0.1, -0.05) is 6.92 Å². The molecule has 0 aromatic carbocycles. The predicted octanol–water partition coefficient (Wildman–Crippen LogP) is 1.39. The van der Waals surface area contributed by atoms with E-state index in [0.717, 1.165) is 0 Å². The number of carbonyl (C=O) groups is 2. The summed E-state index contributed by atoms with van der Waals surface area (Å²) in [6, 6.07) is 0. The van der Waals surface area contributed by atoms with Crippen LogP contribution in [0.25, 0.3) is 0 Å². The molecule has 0 rings (SSSR count). The van der Waals surface area contributed by atoms with E-state index in [0.29, 0.717) is 6.42 Å². The zero-order valence-electron chi connectivity index (χ0n) is 7.26. The molecule has 0 fully saturated rings. The van der Waals surface area contributed by atoms with Crippen molar-refractivity contribution in [2.75, 3.05) is 0 Å². The Morgan fingerprint density at radius 1 is 1.36 bits per heavy atom. The van der Waals surface area contributed by atoms with Crippen molar-refractivity contribution in [3.8, 4) is 0 Å². The van der Waals surface area contributed by atoms with Crippen LogP contribution in [0.1, 0.15) is 27.2 Å². The van der Waals surface area contributed by atoms with Crippen molar-refractivity contribution in [3.63, 3.8) is 0 Å². The summed E-state index contributed by atoms with van der Waals surface area (Å²) in [5.74, 6) is 0.162. The van der Waals surface area contributed by atoms with E-state index in [1.807, 2.05) is 6.92 Å². The van der Waals surface area contributed by atoms with E-state index < -0.39 is 0 Å². The van der Waals surface area contributed by atoms with Crippen molar-refractivity contribution in [2.24, 2.45) is 5.92 Å². The average molecular weight is 230 g/mol. The van der Waals surface area contributed by atoms with Gasteiger partial charge in [-0.25, -0.2) is 0 Å². The van der Waals surface area contributed by atoms with Crippen molar-refractivity contribution in [1.82, 2.24) is 0 Å². The average Bonchev–Trinajstić information content (AvgIpc) is 1.82. The van der Waals surface area contributed by atoms with Gasteiger partial charge in [0.2, 0.25) is 0 Å². The van der Waals surface area contributed by atoms with Crippen molar-refractivity contribution < 1.29 is 42.3 Å². The molecule has 0 aromatic rings. The zero-order valence-corrected chi connectivity index (χ0v) is 10.1. The second kappa shape index (κ2) is 6.99. The minimum Gasteiger partial charge on any atom is -0.335 e. The van der Waals surface area contributed by atoms with Crippen LogP contribution in [0.4, 0.5) is 0 Å². The second-order valence-corrected chi connectivity index (χ2v) is 2.56. The van der Waals surface area contributed by atoms with E-state index in [4.69, 9.17) is 0 Å². The fourth-order valence-electron chi connectivity index (χ4n) is 0.509. The van der Waals surface area contributed by atoms with Gasteiger partial charge in [0.05, 0.1) is 0 Å². The third-order valence-electron chi connectivity index (χ3n) is 1.45. The number of Topliss-reactive ketones (excluding diaryl/α,β-unsaturated/α-hetero) is 2. The minimum atomic E-state index is -0.0103. The molecular weight excluding hydrogens is 217 g/mol. The topological polar surface area (TPSA) is 34.1 Å². The summed E-state index contributed by atoms with van der Waals surface area (Å²) in [5.41, 5.74) is 0. The number of carbonyl (C=O) groups excluding carboxylic acids is 2. The Labute approximate surface area is 93.0 Å². The molecule has 3 heteroatoms. The maximum absolute atomic E-state index is 10.6. The maximum atomic E-state index is 10.6. The molecule has 61 valence electrons. The molecule has 0 aliphatic rings. The molecular formula is C8H13O2Y-. The van der Waals surface area contributed by atoms with Gasteiger partial charge in [0.1, 0.15) is 5.78 Å². The van der Waals surface area contributed by atoms with Gasteiger partial charge in [0.15, 0.2) is 0 Å². The van der Waals surface area contributed by atoms with Crippen molar-refractivity contribution in [2.45, 2.75) is 27.2 Å². The van der Waals surface area contributed by atoms with Gasteiger partial charge in [-0.05, 0) is 25.5 Å². The fourth-order valence-corrected chi connectivity index (χ4v) is 0.509. The Bertz CT molecular complexity index is 143. The SMILES string of the molecule is CC(=O)[CH-]CC(C)C(C)=O.[Y]. The minimum absolute atomic E-state index is 0. The normalized spacial score (nSPS) is 11.2. The molecule has 0 aromatic heterocycles. The summed E-state index contributed by atoms with van der Waals surface area (Å²) < 4.78 is 0. The first-order valence-electron chi connectivity index (χ1n) is 3.38. The molecule has 0 saturated carbocycles. The molecule has 1 radical (unpaired) electrons. The van der Waals surface area contributed by atoms with Crippen LogP contribution in [0.5, 0.6) is 0 Å². The molecule has 0 aliphatic heterocycles. The molecule has 0 N–H and O–H groups in total. The van der Waals surface area contributed by atoms with Crippen LogP contribution in [-0.4, -0.2) is 11.6 Å². The molecule has 2 nitrogen and oxygen atoms in total. The summed E-state index contributed by atoms with van der Waals surface area (Å²) in [6.45, 7) is 4.85. The Hall–Kier alpha value is 0.314. The molecule has 1 unspecified atom stereocenters. The van der Waals surface area contributed by atoms with Crippen LogP contribution in [0.2, 0.25) is 0 Å². The first kappa shape index (κ1) is 13.9. The molecule has 0 amide bonds. The number of hydrogen-bond acceptors (Lipinski definition) is 2. The Morgan fingerprint density at radius 2 is 1.82 bits per heavy atom. The van der Waals surface area contributed by atoms with E-state index in [1.54, 1.807) is 13.3 Å². The van der Waals surface area contributed by atoms with Gasteiger partial charge in [-0.2, -0.15) is 6.42 Å². The third-order valence-corrected chi connectivity index (χ3v) is 1.45. The number of hydrogen-bond donors (Lipinski definition) is 0. The second-order valence-electron chi connectivity index (χ2n) is 2.56. The smallest absolute Gasteiger partial charge is 0.130 e. The van der Waals surface area contributed by atoms with Gasteiger partial charge in [0, 0.05) is 32.7 Å². The molecule has 1 atom stereocenters. The summed E-state index contributed by atoms with van der Waals surface area (Å²) in [4.78, 5) is 21.0. The third kappa shape index (κ3) is 8.22. The quantitative estimate of drug-likeness (QED) is 0.684. The van der Waals surface area contributed by atoms with Crippen molar-refractivity contribution in [3.05, 3.63) is 6.42 Å². The summed E-state index contributed by atoms with van der Waals surface area (Å²) >= 11 is 0. The van der Waals surface area contributed by atoms with Crippen LogP contribution < -0.4 is 0 Å². The van der Waals surface area contributed by atoms with Crippen LogP contribution in [0.3, 0.4) is 0 Å². The summed E-state index contributed by atoms with van der Waals surface area (Å²) in [7, 11) is 0. The molecule has 0 spiro atoms. The Balaban J connectivity index is 0. The van der Waals surface area contributed by atoms with Crippen molar-refractivity contribution >= 4 is 11.6 Å². The van der Waals surface area contributed by atoms with Crippen LogP contribution >= 0.6 is 0 Å². The molecule has 11 heavy (non-hydrogen) atoms. The zero-order chi connectivity index (χ0) is 8.15. The van der Waals surface area contributed by atoms with Gasteiger partial charge in [-0.3, -0.25) is 4.79 Å². The van der Waals surface area contributed by atoms with Gasteiger partial charge in [0.25, 0.3) is 0 Å². The molecule has 0 saturated heterocycles. The van der Waals surface area contributed by atoms with E-state index in [-0.39, 0.29) is 50.2 Å². The first-order valence-corrected chi connectivity index (χ1v) is 3.38. The largest absolute Gasteiger partial charge is 0.335 e. The molecule has 0 heterocycles. The summed E-state index contributed by atoms with van der Waals surface area (Å²) in [6.07, 6.45) is 2.12. The van der Waals surface area contributed by atoms with E-state index in [2.05, 4.69) is 0 Å². The standard InChI is InChI=1S/C8H13O2.Y/c1-6(8(3)10)4-5-7(2)9;/h5-6H,4H2,1-3H3;/q-1;. The van der Waals surface area contributed by atoms with Gasteiger partial charge < -0.3 is 11.2 Å². The number of ketones is 2. The maximum Gasteiger partial charge on any atom is 0.130 e.